The number of amides is 10. The highest BCUT2D eigenvalue weighted by atomic mass is 16.3. The molecule has 9 atom stereocenters. The van der Waals surface area contributed by atoms with Gasteiger partial charge in [0.15, 0.2) is 5.96 Å². The fourth-order valence-corrected chi connectivity index (χ4v) is 8.76. The standard InChI is InChI=1S/C51H83N13O12/c1-8-10-13-33(58-46(72)37(25-29(5)6)61-44(70)34-20-21-41(67)57-34)43(69)63-39(27-65)48(74)62-38(26-31-16-18-32(66)19-17-31)45(71)56-30(7)42(68)60-36(24-28(3)4)47(73)59-35(14-11-22-55-51(52)53)50(76)64-23-12-15-40(64)49(75)54-9-2/h16-19,28-30,33-40,65-66H,8-15,20-27H2,1-7H3,(H,54,75)(H,56,71)(H,57,67)(H,58,72)(H,59,73)(H,60,68)(H,61,70)(H,62,74)(H,63,69)(H4,52,53,55)/t30-,33+,34+,35+,36+,37+,38+,39+,40+/m1/s1. The maximum Gasteiger partial charge on any atom is 0.245 e. The van der Waals surface area contributed by atoms with Crippen molar-refractivity contribution in [1.82, 2.24) is 52.8 Å². The van der Waals surface area contributed by atoms with Crippen molar-refractivity contribution in [3.63, 3.8) is 0 Å². The smallest absolute Gasteiger partial charge is 0.245 e. The SMILES string of the molecule is CCCC[C@H](NC(=O)[C@H](CC(C)C)NC(=O)[C@@H]1CCC(=O)N1)C(=O)N[C@@H](CO)C(=O)N[C@@H](Cc1ccc(O)cc1)C(=O)N[C@H](C)C(=O)N[C@@H](CC(C)C)C(=O)N[C@@H](CCCN=C(N)N)C(=O)N1CCC[C@H]1C(=O)NCC. The fourth-order valence-electron chi connectivity index (χ4n) is 8.76. The Hall–Kier alpha value is -7.05. The maximum atomic E-state index is 14.1. The molecule has 0 saturated carbocycles. The van der Waals surface area contributed by atoms with E-state index < -0.39 is 108 Å². The number of phenolic OH excluding ortho intramolecular Hbond substituents is 1. The summed E-state index contributed by atoms with van der Waals surface area (Å²) in [4.78, 5) is 141. The number of likely N-dealkylation sites (tertiary alicyclic amines) is 1. The van der Waals surface area contributed by atoms with E-state index in [1.807, 2.05) is 34.6 Å². The number of benzene rings is 1. The number of carbonyl (C=O) groups is 10. The average Bonchev–Trinajstić information content (AvgIpc) is 4.04. The van der Waals surface area contributed by atoms with Crippen LogP contribution in [0, 0.1) is 11.8 Å². The summed E-state index contributed by atoms with van der Waals surface area (Å²) in [5.74, 6) is -6.94. The predicted octanol–water partition coefficient (Wildman–Crippen LogP) is -1.92. The lowest BCUT2D eigenvalue weighted by molar-refractivity contribution is -0.142. The number of aliphatic hydroxyl groups is 1. The Labute approximate surface area is 444 Å². The Balaban J connectivity index is 1.80. The molecule has 15 N–H and O–H groups in total. The molecule has 76 heavy (non-hydrogen) atoms. The lowest BCUT2D eigenvalue weighted by Crippen LogP contribution is -2.61. The van der Waals surface area contributed by atoms with E-state index in [-0.39, 0.29) is 93.3 Å². The van der Waals surface area contributed by atoms with E-state index in [0.717, 1.165) is 0 Å². The number of guanidine groups is 1. The number of carbonyl (C=O) groups excluding carboxylic acids is 10. The van der Waals surface area contributed by atoms with Crippen LogP contribution in [-0.2, 0) is 54.4 Å². The van der Waals surface area contributed by atoms with Gasteiger partial charge in [0, 0.05) is 32.5 Å². The van der Waals surface area contributed by atoms with Crippen LogP contribution >= 0.6 is 0 Å². The summed E-state index contributed by atoms with van der Waals surface area (Å²) in [6, 6.07) is -4.85. The van der Waals surface area contributed by atoms with E-state index >= 15 is 0 Å². The third kappa shape index (κ3) is 20.9. The van der Waals surface area contributed by atoms with Gasteiger partial charge in [0.05, 0.1) is 6.61 Å². The monoisotopic (exact) mass is 1070 g/mol. The van der Waals surface area contributed by atoms with Gasteiger partial charge < -0.3 is 74.4 Å². The first-order chi connectivity index (χ1) is 36.0. The first kappa shape index (κ1) is 63.2. The molecule has 2 heterocycles. The van der Waals surface area contributed by atoms with Crippen LogP contribution in [-0.4, -0.2) is 161 Å². The summed E-state index contributed by atoms with van der Waals surface area (Å²) in [7, 11) is 0. The quantitative estimate of drug-likeness (QED) is 0.0219. The number of aliphatic imine (C=N–C) groups is 1. The average molecular weight is 1070 g/mol. The second-order valence-corrected chi connectivity index (χ2v) is 20.2. The van der Waals surface area contributed by atoms with Gasteiger partial charge in [0.25, 0.3) is 0 Å². The summed E-state index contributed by atoms with van der Waals surface area (Å²) in [5, 5.41) is 44.1. The highest BCUT2D eigenvalue weighted by Gasteiger charge is 2.39. The molecule has 2 aliphatic heterocycles. The van der Waals surface area contributed by atoms with Crippen molar-refractivity contribution in [3.05, 3.63) is 29.8 Å². The van der Waals surface area contributed by atoms with Crippen molar-refractivity contribution < 1.29 is 58.2 Å². The van der Waals surface area contributed by atoms with Gasteiger partial charge in [-0.25, -0.2) is 0 Å². The molecule has 10 amide bonds. The van der Waals surface area contributed by atoms with Gasteiger partial charge in [-0.2, -0.15) is 0 Å². The molecule has 424 valence electrons. The van der Waals surface area contributed by atoms with Crippen LogP contribution in [0.15, 0.2) is 29.3 Å². The van der Waals surface area contributed by atoms with Crippen molar-refractivity contribution in [2.24, 2.45) is 28.3 Å². The highest BCUT2D eigenvalue weighted by Crippen LogP contribution is 2.21. The van der Waals surface area contributed by atoms with Crippen LogP contribution in [0.1, 0.15) is 125 Å². The van der Waals surface area contributed by atoms with Crippen LogP contribution in [0.3, 0.4) is 0 Å². The number of rotatable bonds is 31. The van der Waals surface area contributed by atoms with Crippen LogP contribution in [0.25, 0.3) is 0 Å². The van der Waals surface area contributed by atoms with Gasteiger partial charge in [0.1, 0.15) is 60.1 Å². The Morgan fingerprint density at radius 1 is 0.684 bits per heavy atom. The molecular formula is C51H83N13O12. The first-order valence-corrected chi connectivity index (χ1v) is 26.4. The Kier molecular flexibility index (Phi) is 26.4. The highest BCUT2D eigenvalue weighted by molar-refractivity contribution is 5.99. The van der Waals surface area contributed by atoms with Crippen LogP contribution in [0.2, 0.25) is 0 Å². The van der Waals surface area contributed by atoms with Gasteiger partial charge in [-0.05, 0) is 94.7 Å². The molecule has 0 radical (unpaired) electrons. The number of likely N-dealkylation sites (N-methyl/N-ethyl adjacent to an activating group) is 1. The number of phenols is 1. The molecule has 25 heteroatoms. The molecule has 0 spiro atoms. The molecule has 0 bridgehead atoms. The van der Waals surface area contributed by atoms with Gasteiger partial charge >= 0.3 is 0 Å². The van der Waals surface area contributed by atoms with E-state index in [0.29, 0.717) is 44.3 Å². The van der Waals surface area contributed by atoms with Crippen molar-refractivity contribution in [1.29, 1.82) is 0 Å². The van der Waals surface area contributed by atoms with Gasteiger partial charge in [-0.15, -0.1) is 0 Å². The first-order valence-electron chi connectivity index (χ1n) is 26.4. The van der Waals surface area contributed by atoms with Crippen LogP contribution in [0.5, 0.6) is 5.75 Å². The third-order valence-corrected chi connectivity index (χ3v) is 12.8. The van der Waals surface area contributed by atoms with E-state index in [1.165, 1.54) is 36.1 Å². The maximum absolute atomic E-state index is 14.1. The summed E-state index contributed by atoms with van der Waals surface area (Å²) >= 11 is 0. The number of aliphatic hydroxyl groups excluding tert-OH is 1. The van der Waals surface area contributed by atoms with E-state index in [2.05, 4.69) is 52.8 Å². The van der Waals surface area contributed by atoms with E-state index in [9.17, 15) is 58.2 Å². The summed E-state index contributed by atoms with van der Waals surface area (Å²) < 4.78 is 0. The Morgan fingerprint density at radius 3 is 1.79 bits per heavy atom. The van der Waals surface area contributed by atoms with Gasteiger partial charge in [-0.3, -0.25) is 52.9 Å². The lowest BCUT2D eigenvalue weighted by atomic mass is 10.0. The molecule has 0 unspecified atom stereocenters. The van der Waals surface area contributed by atoms with Gasteiger partial charge in [0.2, 0.25) is 59.1 Å². The zero-order valence-electron chi connectivity index (χ0n) is 45.0. The molecule has 0 aliphatic carbocycles. The number of nitrogens with one attached hydrogen (secondary N) is 9. The zero-order valence-corrected chi connectivity index (χ0v) is 45.0. The largest absolute Gasteiger partial charge is 0.508 e. The van der Waals surface area contributed by atoms with Gasteiger partial charge in [-0.1, -0.05) is 59.6 Å². The van der Waals surface area contributed by atoms with Crippen molar-refractivity contribution >= 4 is 65.0 Å². The number of nitrogens with two attached hydrogens (primary N) is 2. The molecule has 3 rings (SSSR count). The lowest BCUT2D eigenvalue weighted by Gasteiger charge is -2.30. The third-order valence-electron chi connectivity index (χ3n) is 12.8. The molecule has 1 aromatic rings. The second-order valence-electron chi connectivity index (χ2n) is 20.2. The number of aromatic hydroxyl groups is 1. The molecule has 1 aromatic carbocycles. The summed E-state index contributed by atoms with van der Waals surface area (Å²) in [6.45, 7) is 12.2. The normalized spacial score (nSPS) is 17.9. The Bertz CT molecular complexity index is 2190. The minimum absolute atomic E-state index is 0.0647. The number of hydrogen-bond donors (Lipinski definition) is 13. The number of unbranched alkanes of at least 4 members (excludes halogenated alkanes) is 1. The van der Waals surface area contributed by atoms with Crippen molar-refractivity contribution in [2.75, 3.05) is 26.2 Å². The minimum atomic E-state index is -1.65. The molecular weight excluding hydrogens is 987 g/mol. The number of hydrogen-bond acceptors (Lipinski definition) is 13. The van der Waals surface area contributed by atoms with Crippen molar-refractivity contribution in [2.45, 2.75) is 180 Å². The molecule has 25 nitrogen and oxygen atoms in total. The molecule has 0 aromatic heterocycles. The molecule has 2 aliphatic rings. The predicted molar refractivity (Wildman–Crippen MR) is 281 cm³/mol. The molecule has 2 saturated heterocycles. The van der Waals surface area contributed by atoms with Crippen LogP contribution < -0.4 is 59.3 Å². The van der Waals surface area contributed by atoms with E-state index in [4.69, 9.17) is 11.5 Å². The van der Waals surface area contributed by atoms with E-state index in [1.54, 1.807) is 6.92 Å². The van der Waals surface area contributed by atoms with Crippen LogP contribution in [0.4, 0.5) is 0 Å². The Morgan fingerprint density at radius 2 is 1.22 bits per heavy atom. The summed E-state index contributed by atoms with van der Waals surface area (Å²) in [5.41, 5.74) is 11.5. The molecule has 2 fully saturated rings. The fraction of sp³-hybridized carbons (Fsp3) is 0.667. The number of nitrogens with zero attached hydrogens (tertiary/aromatic N) is 2. The topological polar surface area (TPSA) is 387 Å². The zero-order chi connectivity index (χ0) is 56.6. The minimum Gasteiger partial charge on any atom is -0.508 e. The second kappa shape index (κ2) is 31.7. The van der Waals surface area contributed by atoms with Crippen molar-refractivity contribution in [3.8, 4) is 5.75 Å². The summed E-state index contributed by atoms with van der Waals surface area (Å²) in [6.07, 6.45) is 3.17.